The number of imidazole rings is 1. The van der Waals surface area contributed by atoms with Crippen LogP contribution in [0.15, 0.2) is 17.9 Å². The molecule has 0 saturated carbocycles. The van der Waals surface area contributed by atoms with Crippen LogP contribution in [0, 0.1) is 0 Å². The number of thiazole rings is 1. The molecule has 0 bridgehead atoms. The molecule has 5 heteroatoms. The maximum Gasteiger partial charge on any atom is 0.195 e. The molecule has 2 heterocycles. The van der Waals surface area contributed by atoms with E-state index in [1.54, 1.807) is 11.3 Å². The quantitative estimate of drug-likeness (QED) is 0.816. The Hall–Kier alpha value is -1.20. The molecule has 2 rings (SSSR count). The van der Waals surface area contributed by atoms with E-state index in [1.165, 1.54) is 0 Å². The fourth-order valence-corrected chi connectivity index (χ4v) is 2.54. The lowest BCUT2D eigenvalue weighted by Crippen LogP contribution is -2.13. The Morgan fingerprint density at radius 2 is 2.28 bits per heavy atom. The number of hydrogen-bond acceptors (Lipinski definition) is 4. The fourth-order valence-electron chi connectivity index (χ4n) is 1.61. The summed E-state index contributed by atoms with van der Waals surface area (Å²) in [6, 6.07) is 0. The third kappa shape index (κ3) is 3.17. The second-order valence-electron chi connectivity index (χ2n) is 4.66. The summed E-state index contributed by atoms with van der Waals surface area (Å²) in [6.45, 7) is 8.33. The Morgan fingerprint density at radius 3 is 2.94 bits per heavy atom. The van der Waals surface area contributed by atoms with Crippen molar-refractivity contribution >= 4 is 11.3 Å². The first-order valence-electron chi connectivity index (χ1n) is 6.40. The predicted octanol–water partition coefficient (Wildman–Crippen LogP) is 2.95. The third-order valence-corrected chi connectivity index (χ3v) is 3.56. The molecule has 0 spiro atoms. The van der Waals surface area contributed by atoms with Crippen molar-refractivity contribution in [3.05, 3.63) is 29.3 Å². The van der Waals surface area contributed by atoms with E-state index in [-0.39, 0.29) is 0 Å². The second kappa shape index (κ2) is 6.11. The van der Waals surface area contributed by atoms with E-state index in [2.05, 4.69) is 41.4 Å². The average Bonchev–Trinajstić information content (AvgIpc) is 2.97. The first kappa shape index (κ1) is 13.2. The number of aromatic nitrogens is 3. The molecule has 0 aliphatic rings. The standard InChI is InChI=1S/C13H20N4S/c1-4-5-14-6-11-7-17(9-15-11)13-16-12(8-18-13)10(2)3/h7-10,14H,4-6H2,1-3H3. The van der Waals surface area contributed by atoms with Crippen molar-refractivity contribution in [2.24, 2.45) is 0 Å². The summed E-state index contributed by atoms with van der Waals surface area (Å²) < 4.78 is 2.00. The molecule has 0 radical (unpaired) electrons. The number of hydrogen-bond donors (Lipinski definition) is 1. The lowest BCUT2D eigenvalue weighted by atomic mass is 10.2. The van der Waals surface area contributed by atoms with Gasteiger partial charge in [-0.2, -0.15) is 0 Å². The second-order valence-corrected chi connectivity index (χ2v) is 5.50. The van der Waals surface area contributed by atoms with Crippen LogP contribution in [0.2, 0.25) is 0 Å². The lowest BCUT2D eigenvalue weighted by molar-refractivity contribution is 0.666. The van der Waals surface area contributed by atoms with Crippen LogP contribution >= 0.6 is 11.3 Å². The minimum absolute atomic E-state index is 0.476. The third-order valence-electron chi connectivity index (χ3n) is 2.69. The number of rotatable bonds is 6. The van der Waals surface area contributed by atoms with Crippen LogP contribution in [0.5, 0.6) is 0 Å². The van der Waals surface area contributed by atoms with Gasteiger partial charge in [-0.3, -0.25) is 4.57 Å². The van der Waals surface area contributed by atoms with Gasteiger partial charge >= 0.3 is 0 Å². The Morgan fingerprint density at radius 1 is 1.44 bits per heavy atom. The molecule has 0 aliphatic carbocycles. The molecule has 2 aromatic rings. The molecule has 0 amide bonds. The largest absolute Gasteiger partial charge is 0.311 e. The Kier molecular flexibility index (Phi) is 4.49. The molecule has 2 aromatic heterocycles. The summed E-state index contributed by atoms with van der Waals surface area (Å²) in [4.78, 5) is 9.00. The van der Waals surface area contributed by atoms with Gasteiger partial charge in [-0.25, -0.2) is 9.97 Å². The van der Waals surface area contributed by atoms with E-state index in [0.29, 0.717) is 5.92 Å². The van der Waals surface area contributed by atoms with Gasteiger partial charge in [-0.05, 0) is 18.9 Å². The molecule has 0 unspecified atom stereocenters. The highest BCUT2D eigenvalue weighted by Crippen LogP contribution is 2.20. The van der Waals surface area contributed by atoms with E-state index in [4.69, 9.17) is 0 Å². The average molecular weight is 264 g/mol. The van der Waals surface area contributed by atoms with Crippen LogP contribution in [0.4, 0.5) is 0 Å². The fraction of sp³-hybridized carbons (Fsp3) is 0.538. The van der Waals surface area contributed by atoms with Gasteiger partial charge in [0.2, 0.25) is 0 Å². The first-order valence-corrected chi connectivity index (χ1v) is 7.28. The molecule has 0 aromatic carbocycles. The zero-order valence-electron chi connectivity index (χ0n) is 11.2. The van der Waals surface area contributed by atoms with Gasteiger partial charge in [0.1, 0.15) is 6.33 Å². The van der Waals surface area contributed by atoms with Crippen molar-refractivity contribution in [2.45, 2.75) is 39.7 Å². The van der Waals surface area contributed by atoms with Gasteiger partial charge in [0, 0.05) is 18.1 Å². The van der Waals surface area contributed by atoms with Gasteiger partial charge in [0.25, 0.3) is 0 Å². The van der Waals surface area contributed by atoms with Gasteiger partial charge < -0.3 is 5.32 Å². The van der Waals surface area contributed by atoms with E-state index in [1.807, 2.05) is 17.1 Å². The van der Waals surface area contributed by atoms with Gasteiger partial charge in [-0.15, -0.1) is 11.3 Å². The molecule has 98 valence electrons. The molecular weight excluding hydrogens is 244 g/mol. The molecule has 0 saturated heterocycles. The van der Waals surface area contributed by atoms with E-state index in [9.17, 15) is 0 Å². The maximum absolute atomic E-state index is 4.61. The van der Waals surface area contributed by atoms with Gasteiger partial charge in [-0.1, -0.05) is 20.8 Å². The summed E-state index contributed by atoms with van der Waals surface area (Å²) >= 11 is 1.66. The summed E-state index contributed by atoms with van der Waals surface area (Å²) in [5.41, 5.74) is 2.21. The van der Waals surface area contributed by atoms with Gasteiger partial charge in [0.05, 0.1) is 11.4 Å². The monoisotopic (exact) mass is 264 g/mol. The topological polar surface area (TPSA) is 42.7 Å². The van der Waals surface area contributed by atoms with Crippen molar-refractivity contribution in [1.82, 2.24) is 19.9 Å². The number of nitrogens with one attached hydrogen (secondary N) is 1. The maximum atomic E-state index is 4.61. The van der Waals surface area contributed by atoms with Crippen LogP contribution in [-0.2, 0) is 6.54 Å². The molecule has 4 nitrogen and oxygen atoms in total. The first-order chi connectivity index (χ1) is 8.70. The molecule has 1 N–H and O–H groups in total. The summed E-state index contributed by atoms with van der Waals surface area (Å²) in [5.74, 6) is 0.476. The summed E-state index contributed by atoms with van der Waals surface area (Å²) in [5, 5.41) is 6.46. The lowest BCUT2D eigenvalue weighted by Gasteiger charge is -1.99. The van der Waals surface area contributed by atoms with Crippen molar-refractivity contribution < 1.29 is 0 Å². The van der Waals surface area contributed by atoms with Crippen molar-refractivity contribution in [3.63, 3.8) is 0 Å². The van der Waals surface area contributed by atoms with Crippen LogP contribution in [0.3, 0.4) is 0 Å². The SMILES string of the molecule is CCCNCc1cn(-c2nc(C(C)C)cs2)cn1. The molecule has 0 aliphatic heterocycles. The zero-order valence-corrected chi connectivity index (χ0v) is 12.0. The van der Waals surface area contributed by atoms with Crippen LogP contribution < -0.4 is 5.32 Å². The molecule has 0 atom stereocenters. The van der Waals surface area contributed by atoms with E-state index in [0.717, 1.165) is 36.0 Å². The molecule has 0 fully saturated rings. The summed E-state index contributed by atoms with van der Waals surface area (Å²) in [7, 11) is 0. The van der Waals surface area contributed by atoms with E-state index >= 15 is 0 Å². The van der Waals surface area contributed by atoms with Crippen LogP contribution in [0.1, 0.15) is 44.5 Å². The van der Waals surface area contributed by atoms with Crippen LogP contribution in [0.25, 0.3) is 5.13 Å². The van der Waals surface area contributed by atoms with E-state index < -0.39 is 0 Å². The van der Waals surface area contributed by atoms with Crippen LogP contribution in [-0.4, -0.2) is 21.1 Å². The minimum atomic E-state index is 0.476. The zero-order chi connectivity index (χ0) is 13.0. The Balaban J connectivity index is 2.04. The molecule has 18 heavy (non-hydrogen) atoms. The Bertz CT molecular complexity index is 487. The summed E-state index contributed by atoms with van der Waals surface area (Å²) in [6.07, 6.45) is 5.03. The highest BCUT2D eigenvalue weighted by atomic mass is 32.1. The highest BCUT2D eigenvalue weighted by molar-refractivity contribution is 7.12. The predicted molar refractivity (Wildman–Crippen MR) is 75.3 cm³/mol. The van der Waals surface area contributed by atoms with Gasteiger partial charge in [0.15, 0.2) is 5.13 Å². The Labute approximate surface area is 112 Å². The normalized spacial score (nSPS) is 11.3. The minimum Gasteiger partial charge on any atom is -0.311 e. The van der Waals surface area contributed by atoms with Crippen molar-refractivity contribution in [2.75, 3.05) is 6.54 Å². The molecular formula is C13H20N4S. The van der Waals surface area contributed by atoms with Crippen molar-refractivity contribution in [3.8, 4) is 5.13 Å². The smallest absolute Gasteiger partial charge is 0.195 e. The number of nitrogens with zero attached hydrogens (tertiary/aromatic N) is 3. The van der Waals surface area contributed by atoms with Crippen molar-refractivity contribution in [1.29, 1.82) is 0 Å². The highest BCUT2D eigenvalue weighted by Gasteiger charge is 2.08.